The molecule has 0 fully saturated rings. The van der Waals surface area contributed by atoms with Crippen molar-refractivity contribution in [2.24, 2.45) is 5.73 Å². The van der Waals surface area contributed by atoms with Crippen LogP contribution in [0.4, 0.5) is 0 Å². The lowest BCUT2D eigenvalue weighted by molar-refractivity contribution is -0.166. The Balaban J connectivity index is 5.10. The molecular formula is C12H20INO4. The highest BCUT2D eigenvalue weighted by molar-refractivity contribution is 14.1. The number of hydrogen-bond donors (Lipinski definition) is 1. The summed E-state index contributed by atoms with van der Waals surface area (Å²) < 4.78 is 10.2. The van der Waals surface area contributed by atoms with Gasteiger partial charge in [0, 0.05) is 19.9 Å². The molecule has 104 valence electrons. The minimum absolute atomic E-state index is 0.187. The van der Waals surface area contributed by atoms with E-state index in [1.807, 2.05) is 6.92 Å². The molecule has 0 saturated heterocycles. The van der Waals surface area contributed by atoms with Gasteiger partial charge < -0.3 is 15.2 Å². The van der Waals surface area contributed by atoms with E-state index in [0.717, 1.165) is 0 Å². The van der Waals surface area contributed by atoms with Crippen LogP contribution in [0.2, 0.25) is 0 Å². The normalized spacial score (nSPS) is 17.2. The summed E-state index contributed by atoms with van der Waals surface area (Å²) in [4.78, 5) is 22.3. The minimum atomic E-state index is -0.670. The Morgan fingerprint density at radius 3 is 2.06 bits per heavy atom. The van der Waals surface area contributed by atoms with Gasteiger partial charge >= 0.3 is 11.9 Å². The summed E-state index contributed by atoms with van der Waals surface area (Å²) >= 11 is 2.07. The molecule has 2 N–H and O–H groups in total. The number of nitrogens with two attached hydrogens (primary N) is 1. The highest BCUT2D eigenvalue weighted by Gasteiger charge is 2.35. The van der Waals surface area contributed by atoms with Gasteiger partial charge in [-0.15, -0.1) is 6.58 Å². The van der Waals surface area contributed by atoms with Crippen LogP contribution in [-0.2, 0) is 19.1 Å². The van der Waals surface area contributed by atoms with Crippen molar-refractivity contribution in [3.8, 4) is 0 Å². The third-order valence-corrected chi connectivity index (χ3v) is 3.58. The molecule has 0 bridgehead atoms. The molecule has 0 heterocycles. The molecule has 0 spiro atoms. The van der Waals surface area contributed by atoms with E-state index in [-0.39, 0.29) is 3.92 Å². The van der Waals surface area contributed by atoms with Gasteiger partial charge in [0.25, 0.3) is 0 Å². The zero-order chi connectivity index (χ0) is 14.3. The molecule has 0 aliphatic rings. The van der Waals surface area contributed by atoms with E-state index in [1.165, 1.54) is 13.8 Å². The highest BCUT2D eigenvalue weighted by Crippen LogP contribution is 2.21. The predicted octanol–water partition coefficient (Wildman–Crippen LogP) is 1.58. The molecular weight excluding hydrogens is 349 g/mol. The molecule has 18 heavy (non-hydrogen) atoms. The van der Waals surface area contributed by atoms with Crippen molar-refractivity contribution >= 4 is 34.5 Å². The fourth-order valence-corrected chi connectivity index (χ4v) is 2.02. The van der Waals surface area contributed by atoms with E-state index in [0.29, 0.717) is 6.42 Å². The summed E-state index contributed by atoms with van der Waals surface area (Å²) in [5.41, 5.74) is 5.93. The minimum Gasteiger partial charge on any atom is -0.457 e. The molecule has 0 aromatic carbocycles. The van der Waals surface area contributed by atoms with Crippen LogP contribution in [0.1, 0.15) is 27.2 Å². The molecule has 0 aromatic heterocycles. The van der Waals surface area contributed by atoms with Crippen LogP contribution < -0.4 is 5.73 Å². The van der Waals surface area contributed by atoms with Crippen LogP contribution in [0.3, 0.4) is 0 Å². The summed E-state index contributed by atoms with van der Waals surface area (Å²) in [6, 6.07) is -0.393. The van der Waals surface area contributed by atoms with E-state index in [2.05, 4.69) is 29.2 Å². The van der Waals surface area contributed by atoms with Crippen molar-refractivity contribution in [2.75, 3.05) is 0 Å². The lowest BCUT2D eigenvalue weighted by Gasteiger charge is -2.31. The molecule has 6 heteroatoms. The van der Waals surface area contributed by atoms with Gasteiger partial charge in [0.2, 0.25) is 0 Å². The summed E-state index contributed by atoms with van der Waals surface area (Å²) in [6.07, 6.45) is 0.944. The van der Waals surface area contributed by atoms with Crippen molar-refractivity contribution in [2.45, 2.75) is 49.4 Å². The molecule has 0 aliphatic heterocycles. The largest absolute Gasteiger partial charge is 0.457 e. The monoisotopic (exact) mass is 369 g/mol. The van der Waals surface area contributed by atoms with Crippen molar-refractivity contribution in [1.29, 1.82) is 0 Å². The first kappa shape index (κ1) is 17.4. The molecule has 0 amide bonds. The molecule has 0 unspecified atom stereocenters. The van der Waals surface area contributed by atoms with Crippen molar-refractivity contribution < 1.29 is 19.1 Å². The third kappa shape index (κ3) is 5.81. The van der Waals surface area contributed by atoms with E-state index in [4.69, 9.17) is 15.2 Å². The molecule has 4 atom stereocenters. The average Bonchev–Trinajstić information content (AvgIpc) is 2.30. The van der Waals surface area contributed by atoms with E-state index in [1.54, 1.807) is 6.08 Å². The molecule has 0 rings (SSSR count). The third-order valence-electron chi connectivity index (χ3n) is 2.36. The SMILES string of the molecule is C=C[C@@H](I)[C@@H](OC(C)=O)[C@H](OC(C)=O)[C@@H](N)CC. The Bertz CT molecular complexity index is 308. The fraction of sp³-hybridized carbons (Fsp3) is 0.667. The average molecular weight is 369 g/mol. The first-order valence-electron chi connectivity index (χ1n) is 5.70. The Labute approximate surface area is 121 Å². The molecule has 0 radical (unpaired) electrons. The van der Waals surface area contributed by atoms with Crippen LogP contribution in [0, 0.1) is 0 Å². The molecule has 0 aliphatic carbocycles. The Hall–Kier alpha value is -0.630. The number of halogens is 1. The molecule has 5 nitrogen and oxygen atoms in total. The number of carbonyl (C=O) groups excluding carboxylic acids is 2. The Morgan fingerprint density at radius 2 is 1.72 bits per heavy atom. The second-order valence-corrected chi connectivity index (χ2v) is 5.34. The van der Waals surface area contributed by atoms with Gasteiger partial charge in [0.1, 0.15) is 0 Å². The molecule has 0 saturated carbocycles. The van der Waals surface area contributed by atoms with Gasteiger partial charge in [-0.1, -0.05) is 35.6 Å². The standard InChI is InChI=1S/C12H20INO4/c1-5-9(13)11(17-7(3)15)12(10(14)6-2)18-8(4)16/h5,9-12H,1,6,14H2,2-4H3/t9-,10+,11-,12-/m1/s1. The van der Waals surface area contributed by atoms with Gasteiger partial charge in [0.05, 0.1) is 3.92 Å². The summed E-state index contributed by atoms with van der Waals surface area (Å²) in [7, 11) is 0. The topological polar surface area (TPSA) is 78.6 Å². The van der Waals surface area contributed by atoms with Gasteiger partial charge in [-0.25, -0.2) is 0 Å². The second kappa shape index (κ2) is 8.47. The van der Waals surface area contributed by atoms with E-state index < -0.39 is 30.2 Å². The van der Waals surface area contributed by atoms with E-state index in [9.17, 15) is 9.59 Å². The molecule has 0 aromatic rings. The van der Waals surface area contributed by atoms with Crippen LogP contribution in [-0.4, -0.2) is 34.1 Å². The summed E-state index contributed by atoms with van der Waals surface area (Å²) in [5.74, 6) is -0.891. The Kier molecular flexibility index (Phi) is 8.17. The van der Waals surface area contributed by atoms with Gasteiger partial charge in [-0.2, -0.15) is 0 Å². The zero-order valence-electron chi connectivity index (χ0n) is 10.9. The fourth-order valence-electron chi connectivity index (χ4n) is 1.46. The second-order valence-electron chi connectivity index (χ2n) is 3.90. The number of rotatable bonds is 7. The van der Waals surface area contributed by atoms with E-state index >= 15 is 0 Å². The summed E-state index contributed by atoms with van der Waals surface area (Å²) in [5, 5.41) is 0. The maximum Gasteiger partial charge on any atom is 0.303 e. The Morgan fingerprint density at radius 1 is 1.28 bits per heavy atom. The van der Waals surface area contributed by atoms with Crippen LogP contribution in [0.25, 0.3) is 0 Å². The lowest BCUT2D eigenvalue weighted by atomic mass is 10.0. The number of carbonyl (C=O) groups is 2. The van der Waals surface area contributed by atoms with Crippen molar-refractivity contribution in [1.82, 2.24) is 0 Å². The van der Waals surface area contributed by atoms with Crippen molar-refractivity contribution in [3.63, 3.8) is 0 Å². The predicted molar refractivity (Wildman–Crippen MR) is 77.4 cm³/mol. The zero-order valence-corrected chi connectivity index (χ0v) is 13.0. The van der Waals surface area contributed by atoms with Gasteiger partial charge in [-0.3, -0.25) is 9.59 Å². The number of esters is 2. The number of ether oxygens (including phenoxy) is 2. The first-order valence-corrected chi connectivity index (χ1v) is 6.94. The maximum absolute atomic E-state index is 11.1. The van der Waals surface area contributed by atoms with Crippen molar-refractivity contribution in [3.05, 3.63) is 12.7 Å². The quantitative estimate of drug-likeness (QED) is 0.319. The lowest BCUT2D eigenvalue weighted by Crippen LogP contribution is -2.50. The summed E-state index contributed by atoms with van der Waals surface area (Å²) in [6.45, 7) is 8.14. The van der Waals surface area contributed by atoms with Gasteiger partial charge in [-0.05, 0) is 6.42 Å². The maximum atomic E-state index is 11.1. The smallest absolute Gasteiger partial charge is 0.303 e. The van der Waals surface area contributed by atoms with Crippen LogP contribution in [0.5, 0.6) is 0 Å². The van der Waals surface area contributed by atoms with Gasteiger partial charge in [0.15, 0.2) is 12.2 Å². The highest BCUT2D eigenvalue weighted by atomic mass is 127. The number of hydrogen-bond acceptors (Lipinski definition) is 5. The van der Waals surface area contributed by atoms with Crippen LogP contribution >= 0.6 is 22.6 Å². The number of alkyl halides is 1. The first-order chi connectivity index (χ1) is 8.33. The van der Waals surface area contributed by atoms with Crippen LogP contribution in [0.15, 0.2) is 12.7 Å².